The molecule has 0 aliphatic heterocycles. The maximum atomic E-state index is 7.83. The van der Waals surface area contributed by atoms with Gasteiger partial charge in [0.25, 0.3) is 0 Å². The van der Waals surface area contributed by atoms with E-state index in [9.17, 15) is 0 Å². The SMILES string of the molecule is O=S.[Pb].[Zn]. The topological polar surface area (TPSA) is 17.1 Å². The van der Waals surface area contributed by atoms with E-state index in [-0.39, 0.29) is 46.8 Å². The molecule has 4 heavy (non-hydrogen) atoms. The molecule has 0 unspecified atom stereocenters. The second-order valence-corrected chi connectivity index (χ2v) is 0. The standard InChI is InChI=1S/OS.Pb.Zn/c1-2;;. The van der Waals surface area contributed by atoms with Crippen LogP contribution in [0.15, 0.2) is 0 Å². The third kappa shape index (κ3) is 9.58. The summed E-state index contributed by atoms with van der Waals surface area (Å²) >= 11 is 2.83. The number of rotatable bonds is 0. The van der Waals surface area contributed by atoms with Crippen molar-refractivity contribution in [1.29, 1.82) is 0 Å². The molecule has 0 bridgehead atoms. The fourth-order valence-corrected chi connectivity index (χ4v) is 0. The van der Waals surface area contributed by atoms with Crippen LogP contribution >= 0.6 is 0 Å². The van der Waals surface area contributed by atoms with Gasteiger partial charge in [-0.25, -0.2) is 0 Å². The predicted octanol–water partition coefficient (Wildman–Crippen LogP) is -0.720. The molecular weight excluding hydrogens is 321 g/mol. The second kappa shape index (κ2) is 23.7. The quantitative estimate of drug-likeness (QED) is 0.548. The van der Waals surface area contributed by atoms with Crippen LogP contribution in [-0.4, -0.2) is 31.5 Å². The molecule has 0 saturated carbocycles. The van der Waals surface area contributed by atoms with Crippen molar-refractivity contribution >= 4 is 39.8 Å². The van der Waals surface area contributed by atoms with E-state index in [1.54, 1.807) is 0 Å². The van der Waals surface area contributed by atoms with Gasteiger partial charge in [0, 0.05) is 46.8 Å². The molecule has 0 aliphatic carbocycles. The van der Waals surface area contributed by atoms with Crippen LogP contribution in [-0.2, 0) is 32.0 Å². The first-order chi connectivity index (χ1) is 1.00. The molecule has 0 aliphatic rings. The minimum Gasteiger partial charge on any atom is -0.197 e. The van der Waals surface area contributed by atoms with Crippen molar-refractivity contribution in [1.82, 2.24) is 0 Å². The molecule has 18 valence electrons. The Kier molecular flexibility index (Phi) is 104. The summed E-state index contributed by atoms with van der Waals surface area (Å²) < 4.78 is 7.83. The summed E-state index contributed by atoms with van der Waals surface area (Å²) in [4.78, 5) is 0. The Morgan fingerprint density at radius 2 is 1.25 bits per heavy atom. The molecule has 4 heteroatoms. The molecule has 0 spiro atoms. The fourth-order valence-electron chi connectivity index (χ4n) is 0. The molecule has 0 heterocycles. The largest absolute Gasteiger partial charge is 0.197 e. The molecule has 0 atom stereocenters. The summed E-state index contributed by atoms with van der Waals surface area (Å²) in [6.07, 6.45) is 0. The minimum atomic E-state index is 0. The zero-order valence-electron chi connectivity index (χ0n) is 2.02. The maximum Gasteiger partial charge on any atom is 0.197 e. The molecule has 4 radical (unpaired) electrons. The average molecular weight is 321 g/mol. The van der Waals surface area contributed by atoms with Crippen molar-refractivity contribution in [3.05, 3.63) is 0 Å². The van der Waals surface area contributed by atoms with Crippen LogP contribution in [0.2, 0.25) is 0 Å². The van der Waals surface area contributed by atoms with Crippen molar-refractivity contribution in [2.75, 3.05) is 0 Å². The first kappa shape index (κ1) is 17.6. The van der Waals surface area contributed by atoms with Crippen molar-refractivity contribution in [2.24, 2.45) is 0 Å². The summed E-state index contributed by atoms with van der Waals surface area (Å²) in [6.45, 7) is 0. The predicted molar refractivity (Wildman–Crippen MR) is 13.9 cm³/mol. The molecular formula is OPbSZn. The van der Waals surface area contributed by atoms with E-state index < -0.39 is 0 Å². The van der Waals surface area contributed by atoms with E-state index in [4.69, 9.17) is 4.21 Å². The molecule has 0 aromatic rings. The van der Waals surface area contributed by atoms with E-state index in [0.29, 0.717) is 0 Å². The Bertz CT molecular complexity index is 8.00. The fraction of sp³-hybridized carbons (Fsp3) is 0. The second-order valence-electron chi connectivity index (χ2n) is 0. The summed E-state index contributed by atoms with van der Waals surface area (Å²) in [7, 11) is 0. The van der Waals surface area contributed by atoms with Crippen LogP contribution in [0.5, 0.6) is 0 Å². The first-order valence-corrected chi connectivity index (χ1v) is 0.500. The van der Waals surface area contributed by atoms with Gasteiger partial charge < -0.3 is 0 Å². The van der Waals surface area contributed by atoms with Gasteiger partial charge in [-0.05, 0) is 0 Å². The summed E-state index contributed by atoms with van der Waals surface area (Å²) in [5.74, 6) is 0. The maximum absolute atomic E-state index is 7.83. The van der Waals surface area contributed by atoms with Crippen molar-refractivity contribution in [2.45, 2.75) is 0 Å². The number of hydrogen-bond acceptors (Lipinski definition) is 2. The molecule has 0 aromatic carbocycles. The van der Waals surface area contributed by atoms with Crippen LogP contribution < -0.4 is 0 Å². The van der Waals surface area contributed by atoms with E-state index in [1.807, 2.05) is 0 Å². The van der Waals surface area contributed by atoms with E-state index in [2.05, 4.69) is 12.5 Å². The Labute approximate surface area is 63.0 Å². The van der Waals surface area contributed by atoms with Crippen molar-refractivity contribution in [3.63, 3.8) is 0 Å². The number of hydrogen-bond donors (Lipinski definition) is 0. The Balaban J connectivity index is -0.00000000500. The molecule has 0 aromatic heterocycles. The minimum absolute atomic E-state index is 0. The van der Waals surface area contributed by atoms with Crippen LogP contribution in [0, 0.1) is 0 Å². The first-order valence-electron chi connectivity index (χ1n) is 0.167. The van der Waals surface area contributed by atoms with Crippen molar-refractivity contribution < 1.29 is 23.7 Å². The third-order valence-corrected chi connectivity index (χ3v) is 0. The molecule has 1 nitrogen and oxygen atoms in total. The van der Waals surface area contributed by atoms with Crippen molar-refractivity contribution in [3.8, 4) is 0 Å². The van der Waals surface area contributed by atoms with Gasteiger partial charge in [-0.3, -0.25) is 0 Å². The van der Waals surface area contributed by atoms with Gasteiger partial charge in [0.2, 0.25) is 0 Å². The molecule has 0 rings (SSSR count). The van der Waals surface area contributed by atoms with Gasteiger partial charge in [0.05, 0.1) is 0 Å². The smallest absolute Gasteiger partial charge is 0.197 e. The summed E-state index contributed by atoms with van der Waals surface area (Å²) in [5, 5.41) is 0. The summed E-state index contributed by atoms with van der Waals surface area (Å²) in [5.41, 5.74) is 0. The zero-order valence-corrected chi connectivity index (χ0v) is 9.69. The summed E-state index contributed by atoms with van der Waals surface area (Å²) in [6, 6.07) is 0. The normalized spacial score (nSPS) is 1.00. The zero-order chi connectivity index (χ0) is 2.00. The molecule has 0 amide bonds. The van der Waals surface area contributed by atoms with Crippen LogP contribution in [0.25, 0.3) is 0 Å². The third-order valence-electron chi connectivity index (χ3n) is 0. The van der Waals surface area contributed by atoms with Gasteiger partial charge in [-0.2, -0.15) is 4.21 Å². The Hall–Kier alpha value is 1.57. The molecule has 0 fully saturated rings. The van der Waals surface area contributed by atoms with E-state index in [1.165, 1.54) is 0 Å². The Morgan fingerprint density at radius 3 is 1.25 bits per heavy atom. The molecule has 0 N–H and O–H groups in total. The van der Waals surface area contributed by atoms with Gasteiger partial charge in [0.15, 0.2) is 12.5 Å². The Morgan fingerprint density at radius 1 is 1.25 bits per heavy atom. The van der Waals surface area contributed by atoms with Gasteiger partial charge in [0.1, 0.15) is 0 Å². The van der Waals surface area contributed by atoms with Gasteiger partial charge in [-0.15, -0.1) is 0 Å². The average Bonchev–Trinajstić information content (AvgIpc) is 1.00. The van der Waals surface area contributed by atoms with Gasteiger partial charge >= 0.3 is 0 Å². The molecule has 0 saturated heterocycles. The van der Waals surface area contributed by atoms with Gasteiger partial charge in [-0.1, -0.05) is 0 Å². The van der Waals surface area contributed by atoms with Crippen LogP contribution in [0.1, 0.15) is 0 Å². The van der Waals surface area contributed by atoms with E-state index in [0.717, 1.165) is 0 Å². The van der Waals surface area contributed by atoms with Crippen LogP contribution in [0.4, 0.5) is 0 Å². The van der Waals surface area contributed by atoms with Crippen LogP contribution in [0.3, 0.4) is 0 Å². The van der Waals surface area contributed by atoms with E-state index >= 15 is 0 Å². The monoisotopic (exact) mass is 320 g/mol.